The molecule has 1 atom stereocenters. The van der Waals surface area contributed by atoms with Crippen LogP contribution in [0.25, 0.3) is 4.75 Å². The number of hydrogen-bond donors (Lipinski definition) is 0. The Morgan fingerprint density at radius 1 is 0.760 bits per heavy atom. The van der Waals surface area contributed by atoms with Gasteiger partial charge in [-0.1, -0.05) is 58.9 Å². The third-order valence-electron chi connectivity index (χ3n) is 4.93. The lowest BCUT2D eigenvalue weighted by Gasteiger charge is -2.52. The van der Waals surface area contributed by atoms with Gasteiger partial charge in [0.2, 0.25) is 0 Å². The topological polar surface area (TPSA) is 17.3 Å². The summed E-state index contributed by atoms with van der Waals surface area (Å²) in [7, 11) is -4.84. The molecule has 1 fully saturated rings. The molecule has 1 heterocycles. The fourth-order valence-corrected chi connectivity index (χ4v) is 24.5. The lowest BCUT2D eigenvalue weighted by atomic mass is 9.83. The van der Waals surface area contributed by atoms with Crippen molar-refractivity contribution < 1.29 is 0 Å². The minimum atomic E-state index is -1.51. The monoisotopic (exact) mass is 416 g/mol. The summed E-state index contributed by atoms with van der Waals surface area (Å²) in [6, 6.07) is 0. The first-order chi connectivity index (χ1) is 10.8. The van der Waals surface area contributed by atoms with Crippen LogP contribution in [0, 0.1) is 0 Å². The third kappa shape index (κ3) is 6.12. The van der Waals surface area contributed by atoms with Crippen molar-refractivity contribution in [3.8, 4) is 0 Å². The first kappa shape index (κ1) is 23.8. The molecule has 1 unspecified atom stereocenters. The van der Waals surface area contributed by atoms with Gasteiger partial charge < -0.3 is 4.75 Å². The Hall–Kier alpha value is 0.741. The molecule has 0 bridgehead atoms. The highest BCUT2D eigenvalue weighted by Crippen LogP contribution is 2.56. The Labute approximate surface area is 163 Å². The van der Waals surface area contributed by atoms with Gasteiger partial charge in [0.25, 0.3) is 0 Å². The molecule has 0 N–H and O–H groups in total. The Balaban J connectivity index is 3.81. The maximum atomic E-state index is 5.72. The van der Waals surface area contributed by atoms with Gasteiger partial charge in [-0.2, -0.15) is 0 Å². The van der Waals surface area contributed by atoms with Gasteiger partial charge in [0.15, 0.2) is 0 Å². The largest absolute Gasteiger partial charge is 0.425 e. The van der Waals surface area contributed by atoms with Gasteiger partial charge in [-0.15, -0.1) is 4.67 Å². The van der Waals surface area contributed by atoms with E-state index in [0.29, 0.717) is 0 Å². The predicted molar refractivity (Wildman–Crippen MR) is 129 cm³/mol. The third-order valence-corrected chi connectivity index (χ3v) is 22.5. The Bertz CT molecular complexity index is 488. The summed E-state index contributed by atoms with van der Waals surface area (Å²) in [4.78, 5) is 0. The highest BCUT2D eigenvalue weighted by Gasteiger charge is 2.51. The molecule has 0 aromatic carbocycles. The van der Waals surface area contributed by atoms with E-state index in [0.717, 1.165) is 0 Å². The van der Waals surface area contributed by atoms with Gasteiger partial charge in [0.05, 0.1) is 23.5 Å². The summed E-state index contributed by atoms with van der Waals surface area (Å²) in [5.74, 6) is 0. The molecule has 0 saturated carbocycles. The van der Waals surface area contributed by atoms with E-state index in [9.17, 15) is 0 Å². The lowest BCUT2D eigenvalue weighted by molar-refractivity contribution is 0.0636. The number of nitrogens with zero attached hydrogens (tertiary/aromatic N) is 2. The van der Waals surface area contributed by atoms with Gasteiger partial charge in [0, 0.05) is 0 Å². The molecule has 0 aromatic heterocycles. The molecule has 0 aromatic rings. The average Bonchev–Trinajstić information content (AvgIpc) is 2.18. The van der Waals surface area contributed by atoms with Crippen LogP contribution in [0.15, 0.2) is 0 Å². The maximum absolute atomic E-state index is 5.72. The van der Waals surface area contributed by atoms with Crippen LogP contribution in [0.4, 0.5) is 0 Å². The van der Waals surface area contributed by atoms with E-state index in [2.05, 4.69) is 91.3 Å². The summed E-state index contributed by atoms with van der Waals surface area (Å²) in [5.41, 5.74) is 0.502. The predicted octanol–water partition coefficient (Wildman–Crippen LogP) is 7.48. The second-order valence-corrected chi connectivity index (χ2v) is 30.1. The summed E-state index contributed by atoms with van der Waals surface area (Å²) >= 11 is 0. The molecule has 1 saturated heterocycles. The zero-order valence-electron chi connectivity index (χ0n) is 19.5. The van der Waals surface area contributed by atoms with E-state index in [-0.39, 0.29) is 11.1 Å². The first-order valence-corrected chi connectivity index (χ1v) is 21.7. The smallest absolute Gasteiger partial charge is 0.120 e. The first-order valence-electron chi connectivity index (χ1n) is 10.0. The van der Waals surface area contributed by atoms with Gasteiger partial charge >= 0.3 is 0 Å². The maximum Gasteiger partial charge on any atom is 0.120 e. The quantitative estimate of drug-likeness (QED) is 0.335. The van der Waals surface area contributed by atoms with Crippen LogP contribution < -0.4 is 0 Å². The van der Waals surface area contributed by atoms with Gasteiger partial charge in [-0.05, 0) is 55.2 Å². The van der Waals surface area contributed by atoms with Crippen LogP contribution in [-0.2, 0) is 0 Å². The van der Waals surface area contributed by atoms with Crippen LogP contribution in [0.2, 0.25) is 58.9 Å². The minimum Gasteiger partial charge on any atom is -0.425 e. The van der Waals surface area contributed by atoms with Crippen molar-refractivity contribution in [2.75, 3.05) is 0 Å². The fraction of sp³-hybridized carbons (Fsp3) is 0.947. The van der Waals surface area contributed by atoms with E-state index < -0.39 is 32.2 Å². The lowest BCUT2D eigenvalue weighted by Crippen LogP contribution is -2.58. The number of piperidine rings is 1. The fourth-order valence-electron chi connectivity index (χ4n) is 4.70. The molecule has 2 nitrogen and oxygen atoms in total. The molecule has 6 heteroatoms. The van der Waals surface area contributed by atoms with Crippen molar-refractivity contribution in [3.63, 3.8) is 0 Å². The molecule has 0 spiro atoms. The molecule has 1 rings (SSSR count). The Morgan fingerprint density at radius 3 is 1.40 bits per heavy atom. The average molecular weight is 417 g/mol. The molecule has 148 valence electrons. The van der Waals surface area contributed by atoms with Crippen LogP contribution in [0.5, 0.6) is 0 Å². The van der Waals surface area contributed by atoms with Crippen LogP contribution in [0.3, 0.4) is 0 Å². The zero-order valence-corrected chi connectivity index (χ0v) is 23.4. The van der Waals surface area contributed by atoms with E-state index in [1.54, 1.807) is 0 Å². The minimum absolute atomic E-state index is 0.251. The molecular formula is C19H45N2PSi3. The van der Waals surface area contributed by atoms with Crippen LogP contribution in [0.1, 0.15) is 47.0 Å². The SMILES string of the molecule is CC1(C)CCCC(C)(C)N1[P+]([N-][Si](C)(C)C)=C([Si](C)(C)C)[Si](C)(C)C. The summed E-state index contributed by atoms with van der Waals surface area (Å²) in [6.45, 7) is 32.6. The molecular weight excluding hydrogens is 371 g/mol. The Morgan fingerprint density at radius 2 is 1.12 bits per heavy atom. The highest BCUT2D eigenvalue weighted by atomic mass is 31.1. The second-order valence-electron chi connectivity index (χ2n) is 12.2. The standard InChI is InChI=1S/C19H45N2PSi3/c1-18(2)15-14-16-19(3,4)21(18)22(20-25(11,12)13)17(23(5,6)7)24(8,9)10/h14-16H2,1-13H3. The van der Waals surface area contributed by atoms with Crippen LogP contribution in [-0.4, -0.2) is 44.7 Å². The normalized spacial score (nSPS) is 22.7. The van der Waals surface area contributed by atoms with Crippen LogP contribution >= 0.6 is 7.85 Å². The van der Waals surface area contributed by atoms with Gasteiger partial charge in [-0.25, -0.2) is 0 Å². The van der Waals surface area contributed by atoms with Crippen molar-refractivity contribution in [3.05, 3.63) is 4.75 Å². The van der Waals surface area contributed by atoms with E-state index >= 15 is 0 Å². The molecule has 1 aliphatic rings. The van der Waals surface area contributed by atoms with Crippen molar-refractivity contribution in [1.29, 1.82) is 0 Å². The van der Waals surface area contributed by atoms with E-state index in [1.165, 1.54) is 19.3 Å². The summed E-state index contributed by atoms with van der Waals surface area (Å²) in [5, 5.41) is 0. The van der Waals surface area contributed by atoms with Crippen molar-refractivity contribution >= 4 is 36.8 Å². The van der Waals surface area contributed by atoms with Gasteiger partial charge in [0.1, 0.15) is 16.1 Å². The highest BCUT2D eigenvalue weighted by molar-refractivity contribution is 7.76. The number of hydrogen-bond acceptors (Lipinski definition) is 1. The van der Waals surface area contributed by atoms with E-state index in [1.807, 2.05) is 4.54 Å². The Kier molecular flexibility index (Phi) is 6.93. The molecule has 0 amide bonds. The summed E-state index contributed by atoms with van der Waals surface area (Å²) < 4.78 is 10.6. The van der Waals surface area contributed by atoms with Crippen molar-refractivity contribution in [1.82, 2.24) is 4.67 Å². The van der Waals surface area contributed by atoms with E-state index in [4.69, 9.17) is 4.75 Å². The van der Waals surface area contributed by atoms with Crippen molar-refractivity contribution in [2.45, 2.75) is 117 Å². The molecule has 0 radical (unpaired) electrons. The zero-order chi connectivity index (χ0) is 20.1. The number of rotatable bonds is 5. The second kappa shape index (κ2) is 7.29. The van der Waals surface area contributed by atoms with Gasteiger partial charge in [-0.3, -0.25) is 0 Å². The molecule has 1 aliphatic heterocycles. The molecule has 25 heavy (non-hydrogen) atoms. The van der Waals surface area contributed by atoms with Crippen molar-refractivity contribution in [2.24, 2.45) is 0 Å². The molecule has 0 aliphatic carbocycles. The summed E-state index contributed by atoms with van der Waals surface area (Å²) in [6.07, 6.45) is 3.96.